The minimum absolute atomic E-state index is 0.188. The molecule has 1 saturated heterocycles. The predicted molar refractivity (Wildman–Crippen MR) is 110 cm³/mol. The van der Waals surface area contributed by atoms with Crippen LogP contribution < -0.4 is 0 Å². The van der Waals surface area contributed by atoms with E-state index in [2.05, 4.69) is 29.8 Å². The molecule has 2 aromatic heterocycles. The second-order valence-corrected chi connectivity index (χ2v) is 9.38. The predicted octanol–water partition coefficient (Wildman–Crippen LogP) is 5.48. The summed E-state index contributed by atoms with van der Waals surface area (Å²) in [5.41, 5.74) is 1.29. The van der Waals surface area contributed by atoms with Crippen molar-refractivity contribution in [3.8, 4) is 0 Å². The SMILES string of the molecule is CCO[C@H](F)[C@]1(CCc2ccc(F)s2)CCN(C(C)(C)c2ccc(C)nc2)C1. The van der Waals surface area contributed by atoms with Gasteiger partial charge < -0.3 is 4.74 Å². The standard InChI is InChI=1S/C22H30F2N2OS/c1-5-27-20(24)22(11-10-18-8-9-19(23)28-18)12-13-26(15-22)21(3,4)17-7-6-16(2)25-14-17/h6-9,14,20H,5,10-13,15H2,1-4H3/t20-,22+/m0/s1. The number of nitrogens with zero attached hydrogens (tertiary/aromatic N) is 2. The molecule has 0 N–H and O–H groups in total. The van der Waals surface area contributed by atoms with Gasteiger partial charge in [-0.05, 0) is 77.3 Å². The van der Waals surface area contributed by atoms with Gasteiger partial charge in [-0.2, -0.15) is 4.39 Å². The first-order chi connectivity index (χ1) is 13.3. The highest BCUT2D eigenvalue weighted by Gasteiger charge is 2.49. The van der Waals surface area contributed by atoms with Crippen LogP contribution in [0.15, 0.2) is 30.5 Å². The first-order valence-corrected chi connectivity index (χ1v) is 10.8. The van der Waals surface area contributed by atoms with Crippen LogP contribution in [-0.4, -0.2) is 35.9 Å². The smallest absolute Gasteiger partial charge is 0.205 e. The number of aromatic nitrogens is 1. The van der Waals surface area contributed by atoms with Crippen LogP contribution >= 0.6 is 11.3 Å². The summed E-state index contributed by atoms with van der Waals surface area (Å²) in [5.74, 6) is 0. The van der Waals surface area contributed by atoms with Gasteiger partial charge in [0.25, 0.3) is 0 Å². The van der Waals surface area contributed by atoms with Gasteiger partial charge in [0.2, 0.25) is 6.36 Å². The maximum atomic E-state index is 15.2. The van der Waals surface area contributed by atoms with Gasteiger partial charge in [-0.1, -0.05) is 6.07 Å². The molecule has 2 atom stereocenters. The Morgan fingerprint density at radius 3 is 2.71 bits per heavy atom. The van der Waals surface area contributed by atoms with Crippen molar-refractivity contribution in [1.29, 1.82) is 0 Å². The molecular weight excluding hydrogens is 378 g/mol. The molecular formula is C22H30F2N2OS. The molecule has 3 heterocycles. The van der Waals surface area contributed by atoms with E-state index in [0.29, 0.717) is 26.0 Å². The van der Waals surface area contributed by atoms with E-state index in [1.807, 2.05) is 26.1 Å². The molecule has 0 unspecified atom stereocenters. The normalized spacial score (nSPS) is 21.9. The Hall–Kier alpha value is -1.37. The molecule has 154 valence electrons. The van der Waals surface area contributed by atoms with Crippen molar-refractivity contribution in [2.24, 2.45) is 5.41 Å². The summed E-state index contributed by atoms with van der Waals surface area (Å²) in [6, 6.07) is 7.41. The second-order valence-electron chi connectivity index (χ2n) is 8.26. The number of hydrogen-bond acceptors (Lipinski definition) is 4. The Balaban J connectivity index is 1.78. The van der Waals surface area contributed by atoms with E-state index in [-0.39, 0.29) is 10.7 Å². The van der Waals surface area contributed by atoms with E-state index in [1.54, 1.807) is 6.07 Å². The number of ether oxygens (including phenoxy) is 1. The monoisotopic (exact) mass is 408 g/mol. The maximum Gasteiger partial charge on any atom is 0.205 e. The average Bonchev–Trinajstić information content (AvgIpc) is 3.28. The topological polar surface area (TPSA) is 25.4 Å². The Labute approximate surface area is 170 Å². The molecule has 3 rings (SSSR count). The van der Waals surface area contributed by atoms with Crippen LogP contribution in [0.2, 0.25) is 0 Å². The van der Waals surface area contributed by atoms with Crippen LogP contribution in [-0.2, 0) is 16.7 Å². The summed E-state index contributed by atoms with van der Waals surface area (Å²) in [6.07, 6.45) is 2.64. The van der Waals surface area contributed by atoms with Crippen LogP contribution in [0.3, 0.4) is 0 Å². The van der Waals surface area contributed by atoms with Gasteiger partial charge in [0.1, 0.15) is 0 Å². The number of alkyl halides is 1. The van der Waals surface area contributed by atoms with Crippen molar-refractivity contribution in [3.05, 3.63) is 51.7 Å². The largest absolute Gasteiger partial charge is 0.348 e. The van der Waals surface area contributed by atoms with Gasteiger partial charge in [-0.3, -0.25) is 9.88 Å². The fourth-order valence-corrected chi connectivity index (χ4v) is 4.80. The zero-order valence-corrected chi connectivity index (χ0v) is 18.0. The van der Waals surface area contributed by atoms with E-state index < -0.39 is 11.8 Å². The lowest BCUT2D eigenvalue weighted by molar-refractivity contribution is -0.121. The van der Waals surface area contributed by atoms with Crippen LogP contribution in [0.5, 0.6) is 0 Å². The molecule has 1 aliphatic rings. The molecule has 0 amide bonds. The quantitative estimate of drug-likeness (QED) is 0.578. The third-order valence-electron chi connectivity index (χ3n) is 6.09. The van der Waals surface area contributed by atoms with E-state index in [1.165, 1.54) is 6.07 Å². The first kappa shape index (κ1) is 21.3. The molecule has 0 aliphatic carbocycles. The van der Waals surface area contributed by atoms with Gasteiger partial charge in [-0.15, -0.1) is 11.3 Å². The van der Waals surface area contributed by atoms with Crippen molar-refractivity contribution < 1.29 is 13.5 Å². The fraction of sp³-hybridized carbons (Fsp3) is 0.591. The van der Waals surface area contributed by atoms with Gasteiger partial charge in [-0.25, -0.2) is 4.39 Å². The Bertz CT molecular complexity index is 777. The average molecular weight is 409 g/mol. The summed E-state index contributed by atoms with van der Waals surface area (Å²) in [6.45, 7) is 9.89. The number of likely N-dealkylation sites (tertiary alicyclic amines) is 1. The number of halogens is 2. The molecule has 2 aromatic rings. The minimum Gasteiger partial charge on any atom is -0.348 e. The molecule has 6 heteroatoms. The third kappa shape index (κ3) is 4.44. The fourth-order valence-electron chi connectivity index (χ4n) is 4.07. The third-order valence-corrected chi connectivity index (χ3v) is 7.02. The van der Waals surface area contributed by atoms with Gasteiger partial charge in [0.15, 0.2) is 5.13 Å². The lowest BCUT2D eigenvalue weighted by atomic mass is 9.81. The number of thiophene rings is 1. The van der Waals surface area contributed by atoms with Gasteiger partial charge >= 0.3 is 0 Å². The van der Waals surface area contributed by atoms with Crippen molar-refractivity contribution in [3.63, 3.8) is 0 Å². The lowest BCUT2D eigenvalue weighted by Crippen LogP contribution is -2.44. The first-order valence-electron chi connectivity index (χ1n) is 9.95. The zero-order chi connectivity index (χ0) is 20.4. The highest BCUT2D eigenvalue weighted by molar-refractivity contribution is 7.10. The number of pyridine rings is 1. The van der Waals surface area contributed by atoms with Crippen molar-refractivity contribution in [2.45, 2.75) is 58.9 Å². The molecule has 3 nitrogen and oxygen atoms in total. The zero-order valence-electron chi connectivity index (χ0n) is 17.2. The molecule has 0 aromatic carbocycles. The van der Waals surface area contributed by atoms with E-state index in [9.17, 15) is 4.39 Å². The van der Waals surface area contributed by atoms with Crippen LogP contribution in [0, 0.1) is 17.5 Å². The Kier molecular flexibility index (Phi) is 6.52. The van der Waals surface area contributed by atoms with E-state index >= 15 is 4.39 Å². The second kappa shape index (κ2) is 8.56. The number of aryl methyl sites for hydroxylation is 2. The summed E-state index contributed by atoms with van der Waals surface area (Å²) in [5, 5.41) is -0.188. The van der Waals surface area contributed by atoms with Gasteiger partial charge in [0, 0.05) is 40.9 Å². The molecule has 0 spiro atoms. The van der Waals surface area contributed by atoms with Crippen LogP contribution in [0.25, 0.3) is 0 Å². The molecule has 0 bridgehead atoms. The highest BCUT2D eigenvalue weighted by atomic mass is 32.1. The maximum absolute atomic E-state index is 15.2. The summed E-state index contributed by atoms with van der Waals surface area (Å²) in [4.78, 5) is 7.73. The summed E-state index contributed by atoms with van der Waals surface area (Å²) < 4.78 is 33.9. The highest BCUT2D eigenvalue weighted by Crippen LogP contribution is 2.45. The van der Waals surface area contributed by atoms with Crippen LogP contribution in [0.1, 0.15) is 49.7 Å². The van der Waals surface area contributed by atoms with Crippen molar-refractivity contribution >= 4 is 11.3 Å². The molecule has 0 saturated carbocycles. The summed E-state index contributed by atoms with van der Waals surface area (Å²) in [7, 11) is 0. The number of rotatable bonds is 8. The molecule has 1 fully saturated rings. The summed E-state index contributed by atoms with van der Waals surface area (Å²) >= 11 is 1.15. The molecule has 1 aliphatic heterocycles. The minimum atomic E-state index is -1.32. The molecule has 0 radical (unpaired) electrons. The van der Waals surface area contributed by atoms with E-state index in [0.717, 1.165) is 40.4 Å². The Morgan fingerprint density at radius 2 is 2.11 bits per heavy atom. The van der Waals surface area contributed by atoms with Gasteiger partial charge in [0.05, 0.1) is 0 Å². The van der Waals surface area contributed by atoms with Crippen molar-refractivity contribution in [2.75, 3.05) is 19.7 Å². The van der Waals surface area contributed by atoms with Crippen molar-refractivity contribution in [1.82, 2.24) is 9.88 Å². The lowest BCUT2D eigenvalue weighted by Gasteiger charge is -2.39. The Morgan fingerprint density at radius 1 is 1.32 bits per heavy atom. The van der Waals surface area contributed by atoms with E-state index in [4.69, 9.17) is 4.74 Å². The van der Waals surface area contributed by atoms with Crippen LogP contribution in [0.4, 0.5) is 8.78 Å². The number of hydrogen-bond donors (Lipinski definition) is 0. The molecule has 28 heavy (non-hydrogen) atoms.